The van der Waals surface area contributed by atoms with Crippen LogP contribution in [0.5, 0.6) is 0 Å². The zero-order valence-electron chi connectivity index (χ0n) is 14.8. The molecule has 2 aliphatic heterocycles. The van der Waals surface area contributed by atoms with Crippen LogP contribution in [-0.2, 0) is 4.79 Å². The highest BCUT2D eigenvalue weighted by Crippen LogP contribution is 2.34. The first-order chi connectivity index (χ1) is 12.7. The van der Waals surface area contributed by atoms with E-state index < -0.39 is 0 Å². The summed E-state index contributed by atoms with van der Waals surface area (Å²) in [6, 6.07) is 4.03. The summed E-state index contributed by atoms with van der Waals surface area (Å²) >= 11 is 1.53. The Bertz CT molecular complexity index is 769. The summed E-state index contributed by atoms with van der Waals surface area (Å²) < 4.78 is 0. The number of nitrogens with one attached hydrogen (secondary N) is 1. The number of carbonyl (C=O) groups is 1. The first-order valence-corrected chi connectivity index (χ1v) is 9.70. The van der Waals surface area contributed by atoms with Gasteiger partial charge in [-0.1, -0.05) is 11.8 Å². The molecule has 136 valence electrons. The van der Waals surface area contributed by atoms with Crippen molar-refractivity contribution < 1.29 is 4.79 Å². The summed E-state index contributed by atoms with van der Waals surface area (Å²) in [6.07, 6.45) is 6.11. The molecule has 1 amide bonds. The van der Waals surface area contributed by atoms with Crippen molar-refractivity contribution >= 4 is 29.2 Å². The molecule has 0 unspecified atom stereocenters. The Balaban J connectivity index is 1.62. The topological polar surface area (TPSA) is 85.2 Å². The van der Waals surface area contributed by atoms with Gasteiger partial charge in [0.15, 0.2) is 0 Å². The SMILES string of the molecule is CCN1C=CSC1=C(C#N)c1ccnc(NCCCN2CCCC2=O)n1. The molecule has 7 nitrogen and oxygen atoms in total. The fourth-order valence-corrected chi connectivity index (χ4v) is 3.89. The predicted molar refractivity (Wildman–Crippen MR) is 103 cm³/mol. The molecule has 0 bridgehead atoms. The number of carbonyl (C=O) groups excluding carboxylic acids is 1. The number of anilines is 1. The second-order valence-electron chi connectivity index (χ2n) is 6.01. The third-order valence-electron chi connectivity index (χ3n) is 4.32. The van der Waals surface area contributed by atoms with Crippen molar-refractivity contribution in [3.63, 3.8) is 0 Å². The molecule has 0 radical (unpaired) electrons. The van der Waals surface area contributed by atoms with Gasteiger partial charge in [-0.15, -0.1) is 0 Å². The molecule has 1 saturated heterocycles. The Morgan fingerprint density at radius 2 is 2.38 bits per heavy atom. The lowest BCUT2D eigenvalue weighted by atomic mass is 10.2. The van der Waals surface area contributed by atoms with Gasteiger partial charge < -0.3 is 15.1 Å². The van der Waals surface area contributed by atoms with Gasteiger partial charge in [-0.3, -0.25) is 4.79 Å². The summed E-state index contributed by atoms with van der Waals surface area (Å²) in [5, 5.41) is 15.7. The van der Waals surface area contributed by atoms with Gasteiger partial charge in [0.25, 0.3) is 0 Å². The molecule has 3 heterocycles. The summed E-state index contributed by atoms with van der Waals surface area (Å²) in [4.78, 5) is 24.3. The standard InChI is InChI=1S/C18H22N6OS/c1-2-23-11-12-26-17(23)14(13-19)15-6-8-21-18(22-15)20-7-4-10-24-9-3-5-16(24)25/h6,8,11-12H,2-5,7,9-10H2,1H3,(H,20,21,22). The monoisotopic (exact) mass is 370 g/mol. The van der Waals surface area contributed by atoms with E-state index in [1.807, 2.05) is 28.3 Å². The maximum atomic E-state index is 11.6. The molecule has 1 N–H and O–H groups in total. The fourth-order valence-electron chi connectivity index (χ4n) is 2.96. The van der Waals surface area contributed by atoms with Crippen molar-refractivity contribution in [2.45, 2.75) is 26.2 Å². The summed E-state index contributed by atoms with van der Waals surface area (Å²) in [7, 11) is 0. The molecular weight excluding hydrogens is 348 g/mol. The quantitative estimate of drug-likeness (QED) is 0.583. The minimum absolute atomic E-state index is 0.247. The Labute approximate surface area is 157 Å². The van der Waals surface area contributed by atoms with Crippen LogP contribution >= 0.6 is 11.8 Å². The van der Waals surface area contributed by atoms with Gasteiger partial charge in [-0.25, -0.2) is 9.97 Å². The van der Waals surface area contributed by atoms with Gasteiger partial charge in [0.05, 0.1) is 10.7 Å². The van der Waals surface area contributed by atoms with Crippen molar-refractivity contribution in [3.8, 4) is 6.07 Å². The largest absolute Gasteiger partial charge is 0.354 e. The third-order valence-corrected chi connectivity index (χ3v) is 5.24. The number of hydrogen-bond donors (Lipinski definition) is 1. The molecule has 0 atom stereocenters. The molecule has 0 saturated carbocycles. The van der Waals surface area contributed by atoms with Gasteiger partial charge in [-0.05, 0) is 31.2 Å². The van der Waals surface area contributed by atoms with Crippen LogP contribution in [0.15, 0.2) is 28.9 Å². The van der Waals surface area contributed by atoms with E-state index in [1.165, 1.54) is 11.8 Å². The lowest BCUT2D eigenvalue weighted by Gasteiger charge is -2.16. The number of likely N-dealkylation sites (tertiary alicyclic amines) is 1. The van der Waals surface area contributed by atoms with Crippen LogP contribution in [0.25, 0.3) is 5.57 Å². The molecule has 0 spiro atoms. The molecule has 0 aromatic carbocycles. The summed E-state index contributed by atoms with van der Waals surface area (Å²) in [5.74, 6) is 0.749. The average molecular weight is 370 g/mol. The minimum atomic E-state index is 0.247. The number of rotatable bonds is 7. The normalized spacial score (nSPS) is 18.4. The van der Waals surface area contributed by atoms with E-state index in [0.29, 0.717) is 30.2 Å². The highest BCUT2D eigenvalue weighted by molar-refractivity contribution is 8.06. The Kier molecular flexibility index (Phi) is 6.12. The second-order valence-corrected chi connectivity index (χ2v) is 6.91. The maximum Gasteiger partial charge on any atom is 0.223 e. The maximum absolute atomic E-state index is 11.6. The number of hydrogen-bond acceptors (Lipinski definition) is 7. The van der Waals surface area contributed by atoms with Gasteiger partial charge in [0, 0.05) is 45.0 Å². The zero-order valence-corrected chi connectivity index (χ0v) is 15.6. The van der Waals surface area contributed by atoms with E-state index in [2.05, 4.69) is 21.4 Å². The number of aromatic nitrogens is 2. The molecule has 3 rings (SSSR count). The predicted octanol–water partition coefficient (Wildman–Crippen LogP) is 2.63. The van der Waals surface area contributed by atoms with Crippen molar-refractivity contribution in [1.82, 2.24) is 19.8 Å². The van der Waals surface area contributed by atoms with Crippen LogP contribution in [0, 0.1) is 11.3 Å². The molecular formula is C18H22N6OS. The van der Waals surface area contributed by atoms with Crippen molar-refractivity contribution in [3.05, 3.63) is 34.6 Å². The number of thioether (sulfide) groups is 1. The zero-order chi connectivity index (χ0) is 18.4. The van der Waals surface area contributed by atoms with Gasteiger partial charge in [-0.2, -0.15) is 5.26 Å². The molecule has 1 aromatic heterocycles. The smallest absolute Gasteiger partial charge is 0.223 e. The number of nitrogens with zero attached hydrogens (tertiary/aromatic N) is 5. The molecule has 2 aliphatic rings. The van der Waals surface area contributed by atoms with E-state index in [-0.39, 0.29) is 5.91 Å². The number of amides is 1. The number of nitriles is 1. The Hall–Kier alpha value is -2.53. The van der Waals surface area contributed by atoms with Gasteiger partial charge in [0.1, 0.15) is 11.6 Å². The van der Waals surface area contributed by atoms with E-state index in [0.717, 1.165) is 37.5 Å². The molecule has 1 fully saturated rings. The molecule has 8 heteroatoms. The van der Waals surface area contributed by atoms with E-state index >= 15 is 0 Å². The number of allylic oxidation sites excluding steroid dienone is 1. The first-order valence-electron chi connectivity index (χ1n) is 8.82. The van der Waals surface area contributed by atoms with Crippen LogP contribution in [0.4, 0.5) is 5.95 Å². The van der Waals surface area contributed by atoms with Gasteiger partial charge >= 0.3 is 0 Å². The van der Waals surface area contributed by atoms with Gasteiger partial charge in [0.2, 0.25) is 11.9 Å². The van der Waals surface area contributed by atoms with Crippen molar-refractivity contribution in [2.75, 3.05) is 31.5 Å². The van der Waals surface area contributed by atoms with Crippen LogP contribution in [-0.4, -0.2) is 51.9 Å². The van der Waals surface area contributed by atoms with Crippen LogP contribution in [0.1, 0.15) is 31.9 Å². The molecule has 0 aliphatic carbocycles. The third kappa shape index (κ3) is 4.17. The van der Waals surface area contributed by atoms with Crippen LogP contribution in [0.3, 0.4) is 0 Å². The highest BCUT2D eigenvalue weighted by atomic mass is 32.2. The lowest BCUT2D eigenvalue weighted by molar-refractivity contribution is -0.127. The van der Waals surface area contributed by atoms with Crippen LogP contribution < -0.4 is 5.32 Å². The average Bonchev–Trinajstić information content (AvgIpc) is 3.29. The molecule has 1 aromatic rings. The second kappa shape index (κ2) is 8.72. The first kappa shape index (κ1) is 18.3. The minimum Gasteiger partial charge on any atom is -0.354 e. The Morgan fingerprint density at radius 3 is 3.12 bits per heavy atom. The van der Waals surface area contributed by atoms with Crippen molar-refractivity contribution in [2.24, 2.45) is 0 Å². The van der Waals surface area contributed by atoms with E-state index in [4.69, 9.17) is 0 Å². The molecule has 26 heavy (non-hydrogen) atoms. The van der Waals surface area contributed by atoms with E-state index in [9.17, 15) is 10.1 Å². The highest BCUT2D eigenvalue weighted by Gasteiger charge is 2.20. The fraction of sp³-hybridized carbons (Fsp3) is 0.444. The van der Waals surface area contributed by atoms with Crippen LogP contribution in [0.2, 0.25) is 0 Å². The summed E-state index contributed by atoms with van der Waals surface area (Å²) in [5.41, 5.74) is 1.17. The lowest BCUT2D eigenvalue weighted by Crippen LogP contribution is -2.27. The van der Waals surface area contributed by atoms with Crippen molar-refractivity contribution in [1.29, 1.82) is 5.26 Å². The summed E-state index contributed by atoms with van der Waals surface area (Å²) in [6.45, 7) is 5.15. The Morgan fingerprint density at radius 1 is 1.50 bits per heavy atom. The van der Waals surface area contributed by atoms with E-state index in [1.54, 1.807) is 12.3 Å².